The predicted molar refractivity (Wildman–Crippen MR) is 53.7 cm³/mol. The molecule has 88 valence electrons. The molecule has 0 fully saturated rings. The van der Waals surface area contributed by atoms with E-state index < -0.39 is 17.9 Å². The average Bonchev–Trinajstić information content (AvgIpc) is 2.15. The summed E-state index contributed by atoms with van der Waals surface area (Å²) < 4.78 is 5.10. The second kappa shape index (κ2) is 8.23. The van der Waals surface area contributed by atoms with Gasteiger partial charge in [-0.1, -0.05) is 12.8 Å². The van der Waals surface area contributed by atoms with Crippen molar-refractivity contribution in [1.82, 2.24) is 0 Å². The van der Waals surface area contributed by atoms with Gasteiger partial charge in [0.15, 0.2) is 5.92 Å². The maximum atomic E-state index is 10.5. The van der Waals surface area contributed by atoms with Crippen LogP contribution in [0.4, 0.5) is 0 Å². The summed E-state index contributed by atoms with van der Waals surface area (Å²) in [6.07, 6.45) is 2.45. The molecule has 0 aliphatic carbocycles. The first kappa shape index (κ1) is 13.9. The highest BCUT2D eigenvalue weighted by Crippen LogP contribution is 2.10. The molecule has 0 aliphatic rings. The standard InChI is InChI=1S/C10H18O5/c1-2-15-7-5-3-4-6-8(9(11)12)10(13)14/h8H,2-7H2,1H3,(H,11,12)(H,13,14). The fourth-order valence-corrected chi connectivity index (χ4v) is 1.23. The van der Waals surface area contributed by atoms with Crippen molar-refractivity contribution in [2.45, 2.75) is 32.6 Å². The normalized spacial score (nSPS) is 10.5. The van der Waals surface area contributed by atoms with E-state index in [4.69, 9.17) is 14.9 Å². The van der Waals surface area contributed by atoms with Crippen LogP contribution in [0.25, 0.3) is 0 Å². The SMILES string of the molecule is CCOCCCCCC(C(=O)O)C(=O)O. The topological polar surface area (TPSA) is 83.8 Å². The van der Waals surface area contributed by atoms with Gasteiger partial charge in [-0.15, -0.1) is 0 Å². The zero-order valence-corrected chi connectivity index (χ0v) is 8.94. The molecule has 0 heterocycles. The molecule has 0 amide bonds. The highest BCUT2D eigenvalue weighted by atomic mass is 16.5. The van der Waals surface area contributed by atoms with Crippen molar-refractivity contribution in [1.29, 1.82) is 0 Å². The Morgan fingerprint density at radius 3 is 2.20 bits per heavy atom. The molecule has 0 unspecified atom stereocenters. The summed E-state index contributed by atoms with van der Waals surface area (Å²) in [6.45, 7) is 3.24. The number of aliphatic carboxylic acids is 2. The Balaban J connectivity index is 3.55. The predicted octanol–water partition coefficient (Wildman–Crippen LogP) is 1.37. The number of unbranched alkanes of at least 4 members (excludes halogenated alkanes) is 2. The van der Waals surface area contributed by atoms with Crippen molar-refractivity contribution in [3.63, 3.8) is 0 Å². The number of rotatable bonds is 9. The average molecular weight is 218 g/mol. The van der Waals surface area contributed by atoms with Crippen LogP contribution in [0.15, 0.2) is 0 Å². The molecular formula is C10H18O5. The van der Waals surface area contributed by atoms with Crippen LogP contribution in [0.1, 0.15) is 32.6 Å². The van der Waals surface area contributed by atoms with E-state index >= 15 is 0 Å². The van der Waals surface area contributed by atoms with E-state index in [1.165, 1.54) is 0 Å². The van der Waals surface area contributed by atoms with Crippen molar-refractivity contribution < 1.29 is 24.5 Å². The van der Waals surface area contributed by atoms with Crippen molar-refractivity contribution in [3.8, 4) is 0 Å². The Morgan fingerprint density at radius 2 is 1.73 bits per heavy atom. The van der Waals surface area contributed by atoms with E-state index in [2.05, 4.69) is 0 Å². The fourth-order valence-electron chi connectivity index (χ4n) is 1.23. The summed E-state index contributed by atoms with van der Waals surface area (Å²) in [6, 6.07) is 0. The lowest BCUT2D eigenvalue weighted by molar-refractivity contribution is -0.154. The Labute approximate surface area is 89.0 Å². The van der Waals surface area contributed by atoms with Gasteiger partial charge in [-0.25, -0.2) is 0 Å². The third-order valence-electron chi connectivity index (χ3n) is 2.08. The van der Waals surface area contributed by atoms with Crippen LogP contribution in [0.3, 0.4) is 0 Å². The highest BCUT2D eigenvalue weighted by Gasteiger charge is 2.24. The van der Waals surface area contributed by atoms with Crippen LogP contribution in [0, 0.1) is 5.92 Å². The minimum absolute atomic E-state index is 0.191. The van der Waals surface area contributed by atoms with Crippen molar-refractivity contribution in [2.75, 3.05) is 13.2 Å². The van der Waals surface area contributed by atoms with E-state index in [9.17, 15) is 9.59 Å². The summed E-state index contributed by atoms with van der Waals surface area (Å²) in [4.78, 5) is 21.0. The summed E-state index contributed by atoms with van der Waals surface area (Å²) in [5.41, 5.74) is 0. The van der Waals surface area contributed by atoms with Gasteiger partial charge in [0, 0.05) is 13.2 Å². The molecule has 15 heavy (non-hydrogen) atoms. The lowest BCUT2D eigenvalue weighted by Crippen LogP contribution is -2.23. The van der Waals surface area contributed by atoms with Crippen molar-refractivity contribution in [3.05, 3.63) is 0 Å². The van der Waals surface area contributed by atoms with Gasteiger partial charge in [0.05, 0.1) is 0 Å². The fraction of sp³-hybridized carbons (Fsp3) is 0.800. The minimum atomic E-state index is -1.27. The Bertz CT molecular complexity index is 188. The van der Waals surface area contributed by atoms with E-state index in [1.54, 1.807) is 0 Å². The molecule has 0 spiro atoms. The van der Waals surface area contributed by atoms with Crippen LogP contribution in [0.2, 0.25) is 0 Å². The molecule has 5 heteroatoms. The van der Waals surface area contributed by atoms with Gasteiger partial charge in [-0.05, 0) is 19.8 Å². The number of carboxylic acids is 2. The minimum Gasteiger partial charge on any atom is -0.481 e. The summed E-state index contributed by atoms with van der Waals surface area (Å²) >= 11 is 0. The molecule has 0 atom stereocenters. The Kier molecular flexibility index (Phi) is 7.62. The number of hydrogen-bond donors (Lipinski definition) is 2. The molecular weight excluding hydrogens is 200 g/mol. The van der Waals surface area contributed by atoms with Crippen LogP contribution >= 0.6 is 0 Å². The third kappa shape index (κ3) is 6.90. The molecule has 2 N–H and O–H groups in total. The van der Waals surface area contributed by atoms with E-state index in [1.807, 2.05) is 6.92 Å². The van der Waals surface area contributed by atoms with E-state index in [0.717, 1.165) is 12.8 Å². The molecule has 0 bridgehead atoms. The third-order valence-corrected chi connectivity index (χ3v) is 2.08. The molecule has 0 saturated heterocycles. The lowest BCUT2D eigenvalue weighted by Gasteiger charge is -2.06. The van der Waals surface area contributed by atoms with E-state index in [0.29, 0.717) is 19.6 Å². The van der Waals surface area contributed by atoms with Crippen molar-refractivity contribution >= 4 is 11.9 Å². The molecule has 0 aromatic heterocycles. The molecule has 0 aromatic carbocycles. The van der Waals surface area contributed by atoms with Gasteiger partial charge in [0.2, 0.25) is 0 Å². The summed E-state index contributed by atoms with van der Waals surface area (Å²) in [7, 11) is 0. The monoisotopic (exact) mass is 218 g/mol. The van der Waals surface area contributed by atoms with Crippen LogP contribution in [-0.4, -0.2) is 35.4 Å². The Morgan fingerprint density at radius 1 is 1.13 bits per heavy atom. The molecule has 0 saturated carbocycles. The van der Waals surface area contributed by atoms with Gasteiger partial charge in [0.25, 0.3) is 0 Å². The van der Waals surface area contributed by atoms with Crippen LogP contribution in [0.5, 0.6) is 0 Å². The van der Waals surface area contributed by atoms with Gasteiger partial charge in [0.1, 0.15) is 0 Å². The van der Waals surface area contributed by atoms with Gasteiger partial charge in [-0.3, -0.25) is 9.59 Å². The second-order valence-electron chi connectivity index (χ2n) is 3.28. The first-order valence-corrected chi connectivity index (χ1v) is 5.13. The maximum Gasteiger partial charge on any atom is 0.317 e. The number of carbonyl (C=O) groups is 2. The number of ether oxygens (including phenoxy) is 1. The number of carboxylic acid groups (broad SMARTS) is 2. The molecule has 0 aliphatic heterocycles. The quantitative estimate of drug-likeness (QED) is 0.451. The maximum absolute atomic E-state index is 10.5. The van der Waals surface area contributed by atoms with Gasteiger partial charge >= 0.3 is 11.9 Å². The molecule has 0 aromatic rings. The smallest absolute Gasteiger partial charge is 0.317 e. The first-order valence-electron chi connectivity index (χ1n) is 5.13. The molecule has 5 nitrogen and oxygen atoms in total. The van der Waals surface area contributed by atoms with Crippen LogP contribution in [-0.2, 0) is 14.3 Å². The van der Waals surface area contributed by atoms with E-state index in [-0.39, 0.29) is 6.42 Å². The summed E-state index contributed by atoms with van der Waals surface area (Å²) in [5.74, 6) is -3.78. The molecule has 0 rings (SSSR count). The van der Waals surface area contributed by atoms with Gasteiger partial charge < -0.3 is 14.9 Å². The number of hydrogen-bond acceptors (Lipinski definition) is 3. The highest BCUT2D eigenvalue weighted by molar-refractivity contribution is 5.92. The van der Waals surface area contributed by atoms with Gasteiger partial charge in [-0.2, -0.15) is 0 Å². The molecule has 0 radical (unpaired) electrons. The first-order chi connectivity index (χ1) is 7.09. The Hall–Kier alpha value is -1.10. The largest absolute Gasteiger partial charge is 0.481 e. The second-order valence-corrected chi connectivity index (χ2v) is 3.28. The van der Waals surface area contributed by atoms with Crippen LogP contribution < -0.4 is 0 Å². The zero-order valence-electron chi connectivity index (χ0n) is 8.94. The summed E-state index contributed by atoms with van der Waals surface area (Å²) in [5, 5.41) is 17.2. The van der Waals surface area contributed by atoms with Crippen molar-refractivity contribution in [2.24, 2.45) is 5.92 Å². The zero-order chi connectivity index (χ0) is 11.7. The lowest BCUT2D eigenvalue weighted by atomic mass is 10.0.